The summed E-state index contributed by atoms with van der Waals surface area (Å²) in [6.07, 6.45) is 1.18. The van der Waals surface area contributed by atoms with E-state index in [4.69, 9.17) is 23.2 Å². The molecule has 0 aliphatic carbocycles. The molecule has 1 aliphatic rings. The number of anilines is 1. The smallest absolute Gasteiger partial charge is 0.0441 e. The quantitative estimate of drug-likeness (QED) is 0.828. The highest BCUT2D eigenvalue weighted by Crippen LogP contribution is 2.35. The molecule has 0 amide bonds. The lowest BCUT2D eigenvalue weighted by Gasteiger charge is -2.35. The van der Waals surface area contributed by atoms with Crippen LogP contribution >= 0.6 is 35.0 Å². The monoisotopic (exact) mass is 289 g/mol. The van der Waals surface area contributed by atoms with Crippen LogP contribution in [0.15, 0.2) is 18.2 Å². The van der Waals surface area contributed by atoms with Gasteiger partial charge in [0.15, 0.2) is 0 Å². The third-order valence-electron chi connectivity index (χ3n) is 2.84. The first kappa shape index (κ1) is 13.4. The zero-order chi connectivity index (χ0) is 12.5. The van der Waals surface area contributed by atoms with E-state index < -0.39 is 0 Å². The Morgan fingerprint density at radius 2 is 1.88 bits per heavy atom. The van der Waals surface area contributed by atoms with Gasteiger partial charge in [-0.3, -0.25) is 0 Å². The molecule has 1 aliphatic heterocycles. The molecule has 17 heavy (non-hydrogen) atoms. The summed E-state index contributed by atoms with van der Waals surface area (Å²) in [5.74, 6) is 2.38. The van der Waals surface area contributed by atoms with E-state index in [9.17, 15) is 0 Å². The van der Waals surface area contributed by atoms with E-state index in [1.807, 2.05) is 23.9 Å². The number of nitrogens with one attached hydrogen (secondary N) is 1. The largest absolute Gasteiger partial charge is 0.381 e. The van der Waals surface area contributed by atoms with Crippen LogP contribution in [0.3, 0.4) is 0 Å². The number of benzene rings is 1. The molecule has 1 aromatic rings. The minimum Gasteiger partial charge on any atom is -0.381 e. The minimum atomic E-state index is 0.406. The molecule has 1 N–H and O–H groups in total. The van der Waals surface area contributed by atoms with Crippen LogP contribution in [0.5, 0.6) is 0 Å². The molecular formula is C13H17Cl2NS. The topological polar surface area (TPSA) is 12.0 Å². The Kier molecular flexibility index (Phi) is 4.17. The molecule has 94 valence electrons. The molecule has 1 heterocycles. The van der Waals surface area contributed by atoms with Gasteiger partial charge in [0.2, 0.25) is 0 Å². The zero-order valence-electron chi connectivity index (χ0n) is 10.1. The molecule has 1 atom stereocenters. The van der Waals surface area contributed by atoms with Crippen molar-refractivity contribution in [2.45, 2.75) is 26.3 Å². The summed E-state index contributed by atoms with van der Waals surface area (Å²) in [6.45, 7) is 4.64. The lowest BCUT2D eigenvalue weighted by molar-refractivity contribution is 0.358. The van der Waals surface area contributed by atoms with E-state index in [0.717, 1.165) is 11.4 Å². The average Bonchev–Trinajstić information content (AvgIpc) is 2.13. The highest BCUT2D eigenvalue weighted by Gasteiger charge is 2.28. The van der Waals surface area contributed by atoms with Crippen LogP contribution in [0.1, 0.15) is 20.3 Å². The summed E-state index contributed by atoms with van der Waals surface area (Å²) in [5, 5.41) is 4.89. The van der Waals surface area contributed by atoms with Crippen molar-refractivity contribution in [1.29, 1.82) is 0 Å². The minimum absolute atomic E-state index is 0.406. The van der Waals surface area contributed by atoms with Gasteiger partial charge in [-0.05, 0) is 35.8 Å². The second-order valence-corrected chi connectivity index (χ2v) is 7.29. The maximum Gasteiger partial charge on any atom is 0.0441 e. The molecule has 1 saturated heterocycles. The van der Waals surface area contributed by atoms with E-state index in [2.05, 4.69) is 19.2 Å². The lowest BCUT2D eigenvalue weighted by atomic mass is 9.88. The number of thioether (sulfide) groups is 1. The predicted molar refractivity (Wildman–Crippen MR) is 79.6 cm³/mol. The first-order chi connectivity index (χ1) is 7.94. The van der Waals surface area contributed by atoms with Crippen LogP contribution in [0.2, 0.25) is 10.0 Å². The fourth-order valence-corrected chi connectivity index (χ4v) is 4.03. The fraction of sp³-hybridized carbons (Fsp3) is 0.538. The van der Waals surface area contributed by atoms with Crippen molar-refractivity contribution < 1.29 is 0 Å². The number of hydrogen-bond donors (Lipinski definition) is 1. The highest BCUT2D eigenvalue weighted by molar-refractivity contribution is 7.99. The average molecular weight is 290 g/mol. The van der Waals surface area contributed by atoms with E-state index in [0.29, 0.717) is 21.5 Å². The Morgan fingerprint density at radius 1 is 1.24 bits per heavy atom. The van der Waals surface area contributed by atoms with Crippen molar-refractivity contribution in [3.05, 3.63) is 28.2 Å². The first-order valence-electron chi connectivity index (χ1n) is 5.75. The van der Waals surface area contributed by atoms with Gasteiger partial charge in [-0.15, -0.1) is 0 Å². The molecule has 1 fully saturated rings. The van der Waals surface area contributed by atoms with Gasteiger partial charge in [0, 0.05) is 27.5 Å². The maximum absolute atomic E-state index is 5.99. The molecule has 2 rings (SSSR count). The summed E-state index contributed by atoms with van der Waals surface area (Å²) >= 11 is 14.0. The maximum atomic E-state index is 5.99. The van der Waals surface area contributed by atoms with Gasteiger partial charge in [-0.1, -0.05) is 37.0 Å². The van der Waals surface area contributed by atoms with E-state index >= 15 is 0 Å². The fourth-order valence-electron chi connectivity index (χ4n) is 2.23. The molecule has 0 saturated carbocycles. The SMILES string of the molecule is CC1(C)CSCC(Nc2cc(Cl)cc(Cl)c2)C1. The van der Waals surface area contributed by atoms with Crippen LogP contribution in [0.25, 0.3) is 0 Å². The number of halogens is 2. The van der Waals surface area contributed by atoms with Crippen LogP contribution in [-0.2, 0) is 0 Å². The van der Waals surface area contributed by atoms with Gasteiger partial charge in [0.1, 0.15) is 0 Å². The second kappa shape index (κ2) is 5.29. The molecule has 0 bridgehead atoms. The summed E-state index contributed by atoms with van der Waals surface area (Å²) in [7, 11) is 0. The van der Waals surface area contributed by atoms with Crippen molar-refractivity contribution in [1.82, 2.24) is 0 Å². The van der Waals surface area contributed by atoms with E-state index in [1.54, 1.807) is 6.07 Å². The molecule has 1 unspecified atom stereocenters. The van der Waals surface area contributed by atoms with Crippen molar-refractivity contribution in [3.63, 3.8) is 0 Å². The van der Waals surface area contributed by atoms with Crippen molar-refractivity contribution in [2.24, 2.45) is 5.41 Å². The highest BCUT2D eigenvalue weighted by atomic mass is 35.5. The first-order valence-corrected chi connectivity index (χ1v) is 7.66. The second-order valence-electron chi connectivity index (χ2n) is 5.38. The number of rotatable bonds is 2. The molecule has 0 spiro atoms. The summed E-state index contributed by atoms with van der Waals surface area (Å²) in [6, 6.07) is 6.12. The summed E-state index contributed by atoms with van der Waals surface area (Å²) in [4.78, 5) is 0. The van der Waals surface area contributed by atoms with Crippen molar-refractivity contribution in [2.75, 3.05) is 16.8 Å². The Hall–Kier alpha value is -0.0500. The zero-order valence-corrected chi connectivity index (χ0v) is 12.4. The third kappa shape index (κ3) is 3.97. The van der Waals surface area contributed by atoms with Gasteiger partial charge < -0.3 is 5.32 Å². The molecule has 1 nitrogen and oxygen atoms in total. The molecule has 1 aromatic carbocycles. The lowest BCUT2D eigenvalue weighted by Crippen LogP contribution is -2.35. The van der Waals surface area contributed by atoms with Crippen LogP contribution in [0, 0.1) is 5.41 Å². The van der Waals surface area contributed by atoms with Crippen LogP contribution in [0.4, 0.5) is 5.69 Å². The Labute approximate surface area is 117 Å². The van der Waals surface area contributed by atoms with Gasteiger partial charge in [-0.2, -0.15) is 11.8 Å². The number of hydrogen-bond acceptors (Lipinski definition) is 2. The Balaban J connectivity index is 2.05. The van der Waals surface area contributed by atoms with Gasteiger partial charge in [0.25, 0.3) is 0 Å². The van der Waals surface area contributed by atoms with Crippen LogP contribution in [-0.4, -0.2) is 17.5 Å². The van der Waals surface area contributed by atoms with Crippen LogP contribution < -0.4 is 5.32 Å². The molecule has 0 radical (unpaired) electrons. The summed E-state index contributed by atoms with van der Waals surface area (Å²) < 4.78 is 0. The van der Waals surface area contributed by atoms with Gasteiger partial charge in [-0.25, -0.2) is 0 Å². The molecular weight excluding hydrogens is 273 g/mol. The predicted octanol–water partition coefficient (Wildman–Crippen LogP) is 4.94. The van der Waals surface area contributed by atoms with E-state index in [-0.39, 0.29) is 0 Å². The van der Waals surface area contributed by atoms with Gasteiger partial charge >= 0.3 is 0 Å². The Bertz CT molecular complexity index is 386. The van der Waals surface area contributed by atoms with Crippen molar-refractivity contribution >= 4 is 40.7 Å². The standard InChI is InChI=1S/C13H17Cl2NS/c1-13(2)6-12(7-17-8-13)16-11-4-9(14)3-10(15)5-11/h3-5,12,16H,6-8H2,1-2H3. The Morgan fingerprint density at radius 3 is 2.47 bits per heavy atom. The third-order valence-corrected chi connectivity index (χ3v) is 4.90. The normalized spacial score (nSPS) is 23.4. The van der Waals surface area contributed by atoms with Crippen molar-refractivity contribution in [3.8, 4) is 0 Å². The molecule has 4 heteroatoms. The van der Waals surface area contributed by atoms with Gasteiger partial charge in [0.05, 0.1) is 0 Å². The summed E-state index contributed by atoms with van der Waals surface area (Å²) in [5.41, 5.74) is 1.42. The molecule has 0 aromatic heterocycles. The van der Waals surface area contributed by atoms with E-state index in [1.165, 1.54) is 12.2 Å².